The van der Waals surface area contributed by atoms with Gasteiger partial charge in [-0.25, -0.2) is 0 Å². The Kier molecular flexibility index (Phi) is 4.19. The van der Waals surface area contributed by atoms with Gasteiger partial charge in [-0.3, -0.25) is 0 Å². The van der Waals surface area contributed by atoms with E-state index in [0.29, 0.717) is 18.1 Å². The monoisotopic (exact) mass is 259 g/mol. The Balaban J connectivity index is 1.53. The van der Waals surface area contributed by atoms with E-state index in [1.54, 1.807) is 0 Å². The molecule has 2 nitrogen and oxygen atoms in total. The van der Waals surface area contributed by atoms with Gasteiger partial charge < -0.3 is 10.5 Å². The molecule has 1 fully saturated rings. The number of ether oxygens (including phenoxy) is 1. The van der Waals surface area contributed by atoms with Gasteiger partial charge in [-0.1, -0.05) is 30.7 Å². The van der Waals surface area contributed by atoms with Gasteiger partial charge in [0.2, 0.25) is 0 Å². The van der Waals surface area contributed by atoms with Crippen LogP contribution in [-0.4, -0.2) is 12.6 Å². The molecule has 1 saturated carbocycles. The molecule has 0 saturated heterocycles. The normalized spacial score (nSPS) is 30.3. The molecule has 2 aliphatic rings. The number of aryl methyl sites for hydroxylation is 1. The summed E-state index contributed by atoms with van der Waals surface area (Å²) in [6, 6.07) is 9.17. The molecule has 3 unspecified atom stereocenters. The topological polar surface area (TPSA) is 35.2 Å². The second-order valence-corrected chi connectivity index (χ2v) is 6.09. The molecule has 0 spiro atoms. The van der Waals surface area contributed by atoms with E-state index in [4.69, 9.17) is 10.5 Å². The van der Waals surface area contributed by atoms with Crippen molar-refractivity contribution in [3.63, 3.8) is 0 Å². The Morgan fingerprint density at radius 3 is 2.84 bits per heavy atom. The fraction of sp³-hybridized carbons (Fsp3) is 0.647. The van der Waals surface area contributed by atoms with Crippen molar-refractivity contribution in [2.24, 2.45) is 11.7 Å². The fourth-order valence-corrected chi connectivity index (χ4v) is 3.67. The number of hydrogen-bond donors (Lipinski definition) is 1. The lowest BCUT2D eigenvalue weighted by molar-refractivity contribution is 0.0320. The predicted molar refractivity (Wildman–Crippen MR) is 78.0 cm³/mol. The van der Waals surface area contributed by atoms with Crippen LogP contribution < -0.4 is 5.73 Å². The second-order valence-electron chi connectivity index (χ2n) is 6.09. The molecule has 2 N–H and O–H groups in total. The average Bonchev–Trinajstić information content (AvgIpc) is 2.85. The fourth-order valence-electron chi connectivity index (χ4n) is 3.67. The zero-order valence-corrected chi connectivity index (χ0v) is 11.7. The van der Waals surface area contributed by atoms with Crippen molar-refractivity contribution in [2.45, 2.75) is 57.1 Å². The third kappa shape index (κ3) is 3.01. The van der Waals surface area contributed by atoms with Crippen LogP contribution in [0.2, 0.25) is 0 Å². The summed E-state index contributed by atoms with van der Waals surface area (Å²) in [4.78, 5) is 0. The lowest BCUT2D eigenvalue weighted by Crippen LogP contribution is -2.25. The summed E-state index contributed by atoms with van der Waals surface area (Å²) >= 11 is 0. The summed E-state index contributed by atoms with van der Waals surface area (Å²) in [5, 5.41) is 0. The Labute approximate surface area is 116 Å². The van der Waals surface area contributed by atoms with Crippen molar-refractivity contribution >= 4 is 0 Å². The van der Waals surface area contributed by atoms with Gasteiger partial charge >= 0.3 is 0 Å². The minimum absolute atomic E-state index is 0.322. The quantitative estimate of drug-likeness (QED) is 0.896. The van der Waals surface area contributed by atoms with Crippen molar-refractivity contribution in [1.82, 2.24) is 0 Å². The van der Waals surface area contributed by atoms with Crippen LogP contribution in [0.3, 0.4) is 0 Å². The smallest absolute Gasteiger partial charge is 0.0827 e. The Hall–Kier alpha value is -0.860. The minimum atomic E-state index is 0.322. The molecule has 0 radical (unpaired) electrons. The van der Waals surface area contributed by atoms with Crippen LogP contribution in [0.25, 0.3) is 0 Å². The van der Waals surface area contributed by atoms with Crippen LogP contribution in [-0.2, 0) is 11.2 Å². The van der Waals surface area contributed by atoms with Crippen LogP contribution in [0.15, 0.2) is 24.3 Å². The zero-order chi connectivity index (χ0) is 13.1. The number of rotatable bonds is 4. The van der Waals surface area contributed by atoms with Crippen LogP contribution >= 0.6 is 0 Å². The van der Waals surface area contributed by atoms with Gasteiger partial charge in [-0.15, -0.1) is 0 Å². The summed E-state index contributed by atoms with van der Waals surface area (Å²) < 4.78 is 6.16. The molecule has 2 aliphatic carbocycles. The molecular weight excluding hydrogens is 234 g/mol. The van der Waals surface area contributed by atoms with Gasteiger partial charge in [0.1, 0.15) is 0 Å². The summed E-state index contributed by atoms with van der Waals surface area (Å²) in [6.07, 6.45) is 8.91. The van der Waals surface area contributed by atoms with E-state index in [2.05, 4.69) is 24.3 Å². The largest absolute Gasteiger partial charge is 0.374 e. The molecular formula is C17H25NO. The predicted octanol–water partition coefficient (Wildman–Crippen LogP) is 3.60. The molecule has 2 heteroatoms. The van der Waals surface area contributed by atoms with E-state index in [-0.39, 0.29) is 0 Å². The Bertz CT molecular complexity index is 417. The van der Waals surface area contributed by atoms with Crippen molar-refractivity contribution in [3.8, 4) is 0 Å². The van der Waals surface area contributed by atoms with Crippen LogP contribution in [0.4, 0.5) is 0 Å². The third-order valence-corrected chi connectivity index (χ3v) is 4.84. The van der Waals surface area contributed by atoms with E-state index < -0.39 is 0 Å². The first-order valence-corrected chi connectivity index (χ1v) is 7.79. The highest BCUT2D eigenvalue weighted by Crippen LogP contribution is 2.33. The van der Waals surface area contributed by atoms with Crippen LogP contribution in [0.1, 0.15) is 55.8 Å². The first kappa shape index (κ1) is 13.1. The summed E-state index contributed by atoms with van der Waals surface area (Å²) in [7, 11) is 0. The van der Waals surface area contributed by atoms with Crippen molar-refractivity contribution < 1.29 is 4.74 Å². The maximum atomic E-state index is 6.16. The summed E-state index contributed by atoms with van der Waals surface area (Å²) in [6.45, 7) is 0.872. The highest BCUT2D eigenvalue weighted by Gasteiger charge is 2.25. The van der Waals surface area contributed by atoms with Gasteiger partial charge in [-0.2, -0.15) is 0 Å². The van der Waals surface area contributed by atoms with Crippen molar-refractivity contribution in [3.05, 3.63) is 35.4 Å². The zero-order valence-electron chi connectivity index (χ0n) is 11.7. The third-order valence-electron chi connectivity index (χ3n) is 4.84. The van der Waals surface area contributed by atoms with Gasteiger partial charge in [0.05, 0.1) is 6.10 Å². The lowest BCUT2D eigenvalue weighted by atomic mass is 9.89. The molecule has 0 heterocycles. The molecule has 19 heavy (non-hydrogen) atoms. The SMILES string of the molecule is NC1CCCC1CCOC1CCCc2ccccc21. The maximum absolute atomic E-state index is 6.16. The van der Waals surface area contributed by atoms with Crippen molar-refractivity contribution in [2.75, 3.05) is 6.61 Å². The second kappa shape index (κ2) is 6.06. The molecule has 0 bridgehead atoms. The number of hydrogen-bond acceptors (Lipinski definition) is 2. The number of fused-ring (bicyclic) bond motifs is 1. The molecule has 0 amide bonds. The van der Waals surface area contributed by atoms with E-state index in [9.17, 15) is 0 Å². The maximum Gasteiger partial charge on any atom is 0.0827 e. The van der Waals surface area contributed by atoms with E-state index in [1.165, 1.54) is 49.7 Å². The first-order chi connectivity index (χ1) is 9.34. The molecule has 0 aliphatic heterocycles. The minimum Gasteiger partial charge on any atom is -0.374 e. The van der Waals surface area contributed by atoms with E-state index in [0.717, 1.165) is 13.0 Å². The van der Waals surface area contributed by atoms with Crippen LogP contribution in [0, 0.1) is 5.92 Å². The molecule has 104 valence electrons. The van der Waals surface area contributed by atoms with Gasteiger partial charge in [0.25, 0.3) is 0 Å². The van der Waals surface area contributed by atoms with Gasteiger partial charge in [0, 0.05) is 12.6 Å². The Morgan fingerprint density at radius 1 is 1.11 bits per heavy atom. The van der Waals surface area contributed by atoms with Gasteiger partial charge in [-0.05, 0) is 55.6 Å². The summed E-state index contributed by atoms with van der Waals surface area (Å²) in [5.41, 5.74) is 9.02. The highest BCUT2D eigenvalue weighted by molar-refractivity contribution is 5.31. The number of benzene rings is 1. The Morgan fingerprint density at radius 2 is 2.00 bits per heavy atom. The highest BCUT2D eigenvalue weighted by atomic mass is 16.5. The molecule has 3 rings (SSSR count). The molecule has 1 aromatic rings. The first-order valence-electron chi connectivity index (χ1n) is 7.79. The molecule has 3 atom stereocenters. The van der Waals surface area contributed by atoms with E-state index >= 15 is 0 Å². The van der Waals surface area contributed by atoms with Gasteiger partial charge in [0.15, 0.2) is 0 Å². The molecule has 1 aromatic carbocycles. The number of nitrogens with two attached hydrogens (primary N) is 1. The average molecular weight is 259 g/mol. The lowest BCUT2D eigenvalue weighted by Gasteiger charge is -2.26. The van der Waals surface area contributed by atoms with E-state index in [1.807, 2.05) is 0 Å². The van der Waals surface area contributed by atoms with Crippen molar-refractivity contribution in [1.29, 1.82) is 0 Å². The summed E-state index contributed by atoms with van der Waals surface area (Å²) in [5.74, 6) is 0.693. The molecule has 0 aromatic heterocycles. The standard InChI is InChI=1S/C17H25NO/c18-16-9-3-7-14(16)11-12-19-17-10-4-6-13-5-1-2-8-15(13)17/h1-2,5,8,14,16-17H,3-4,6-7,9-12,18H2. The van der Waals surface area contributed by atoms with Crippen LogP contribution in [0.5, 0.6) is 0 Å².